The number of fused-ring (bicyclic) bond motifs is 1. The predicted molar refractivity (Wildman–Crippen MR) is 96.0 cm³/mol. The number of carbonyl (C=O) groups excluding carboxylic acids is 1. The van der Waals surface area contributed by atoms with E-state index in [4.69, 9.17) is 4.74 Å². The van der Waals surface area contributed by atoms with Gasteiger partial charge in [-0.3, -0.25) is 4.79 Å². The van der Waals surface area contributed by atoms with Gasteiger partial charge in [0.1, 0.15) is 11.2 Å². The summed E-state index contributed by atoms with van der Waals surface area (Å²) >= 11 is 3.41. The molecule has 1 aromatic heterocycles. The maximum absolute atomic E-state index is 13.7. The Morgan fingerprint density at radius 3 is 2.59 bits per heavy atom. The molecule has 2 aromatic carbocycles. The minimum atomic E-state index is -1.61. The van der Waals surface area contributed by atoms with E-state index in [0.717, 1.165) is 12.8 Å². The molecule has 0 bridgehead atoms. The van der Waals surface area contributed by atoms with Gasteiger partial charge in [0.15, 0.2) is 23.7 Å². The molecule has 3 aromatic rings. The molecule has 1 unspecified atom stereocenters. The number of hydrogen-bond acceptors (Lipinski definition) is 3. The molecule has 4 rings (SSSR count). The second kappa shape index (κ2) is 7.09. The van der Waals surface area contributed by atoms with Crippen molar-refractivity contribution in [3.8, 4) is 0 Å². The van der Waals surface area contributed by atoms with Crippen LogP contribution in [0.15, 0.2) is 34.8 Å². The molecule has 0 spiro atoms. The molecule has 140 valence electrons. The summed E-state index contributed by atoms with van der Waals surface area (Å²) in [6.45, 7) is 0.537. The van der Waals surface area contributed by atoms with Crippen LogP contribution in [0.25, 0.3) is 10.9 Å². The molecule has 1 aliphatic heterocycles. The van der Waals surface area contributed by atoms with Crippen LogP contribution in [0.2, 0.25) is 0 Å². The van der Waals surface area contributed by atoms with E-state index in [2.05, 4.69) is 21.0 Å². The molecule has 4 nitrogen and oxygen atoms in total. The van der Waals surface area contributed by atoms with Gasteiger partial charge in [0, 0.05) is 22.0 Å². The van der Waals surface area contributed by atoms with Crippen LogP contribution in [-0.2, 0) is 4.74 Å². The highest BCUT2D eigenvalue weighted by atomic mass is 79.9. The first-order chi connectivity index (χ1) is 13.0. The van der Waals surface area contributed by atoms with Crippen molar-refractivity contribution in [2.75, 3.05) is 6.61 Å². The summed E-state index contributed by atoms with van der Waals surface area (Å²) in [5.74, 6) is -5.08. The van der Waals surface area contributed by atoms with Crippen LogP contribution in [0.5, 0.6) is 0 Å². The Labute approximate surface area is 161 Å². The lowest BCUT2D eigenvalue weighted by molar-refractivity contribution is -0.0400. The fourth-order valence-electron chi connectivity index (χ4n) is 3.26. The van der Waals surface area contributed by atoms with Crippen LogP contribution in [0, 0.1) is 17.5 Å². The van der Waals surface area contributed by atoms with Crippen LogP contribution in [-0.4, -0.2) is 22.2 Å². The van der Waals surface area contributed by atoms with Crippen molar-refractivity contribution in [2.24, 2.45) is 0 Å². The second-order valence-corrected chi connectivity index (χ2v) is 7.19. The first kappa shape index (κ1) is 18.2. The Kier molecular flexibility index (Phi) is 4.77. The average Bonchev–Trinajstić information content (AvgIpc) is 3.07. The number of ether oxygens (including phenoxy) is 1. The summed E-state index contributed by atoms with van der Waals surface area (Å²) in [5.41, 5.74) is 0.409. The van der Waals surface area contributed by atoms with Crippen molar-refractivity contribution in [2.45, 2.75) is 25.5 Å². The van der Waals surface area contributed by atoms with Crippen molar-refractivity contribution in [3.63, 3.8) is 0 Å². The number of aromatic nitrogens is 2. The van der Waals surface area contributed by atoms with Crippen LogP contribution < -0.4 is 0 Å². The van der Waals surface area contributed by atoms with Crippen molar-refractivity contribution in [1.29, 1.82) is 0 Å². The molecule has 8 heteroatoms. The van der Waals surface area contributed by atoms with Crippen molar-refractivity contribution in [3.05, 3.63) is 63.5 Å². The monoisotopic (exact) mass is 438 g/mol. The Morgan fingerprint density at radius 1 is 1.19 bits per heavy atom. The standard InChI is InChI=1S/C19H14BrF3N2O2/c20-12-5-3-4-11-17(12)24-25(15-6-1-2-7-27-15)18(11)19(26)10-8-13(21)16(23)14(22)9-10/h3-5,8-9,15H,1-2,6-7H2. The smallest absolute Gasteiger partial charge is 0.211 e. The largest absolute Gasteiger partial charge is 0.356 e. The van der Waals surface area contributed by atoms with Gasteiger partial charge in [0.2, 0.25) is 5.78 Å². The SMILES string of the molecule is O=C(c1cc(F)c(F)c(F)c1)c1c2cccc(Br)c2nn1C1CCCCO1. The minimum Gasteiger partial charge on any atom is -0.356 e. The zero-order valence-electron chi connectivity index (χ0n) is 14.0. The summed E-state index contributed by atoms with van der Waals surface area (Å²) < 4.78 is 48.5. The first-order valence-electron chi connectivity index (χ1n) is 8.45. The third-order valence-corrected chi connectivity index (χ3v) is 5.21. The summed E-state index contributed by atoms with van der Waals surface area (Å²) in [4.78, 5) is 13.1. The Hall–Kier alpha value is -2.19. The summed E-state index contributed by atoms with van der Waals surface area (Å²) in [7, 11) is 0. The molecule has 0 N–H and O–H groups in total. The molecule has 0 amide bonds. The summed E-state index contributed by atoms with van der Waals surface area (Å²) in [6.07, 6.45) is 2.04. The maximum Gasteiger partial charge on any atom is 0.211 e. The van der Waals surface area contributed by atoms with Gasteiger partial charge in [-0.1, -0.05) is 12.1 Å². The Morgan fingerprint density at radius 2 is 1.93 bits per heavy atom. The second-order valence-electron chi connectivity index (χ2n) is 6.33. The topological polar surface area (TPSA) is 44.1 Å². The van der Waals surface area contributed by atoms with Gasteiger partial charge in [-0.25, -0.2) is 17.9 Å². The number of carbonyl (C=O) groups is 1. The van der Waals surface area contributed by atoms with Gasteiger partial charge in [0.05, 0.1) is 0 Å². The first-order valence-corrected chi connectivity index (χ1v) is 9.24. The van der Waals surface area contributed by atoms with E-state index in [1.54, 1.807) is 18.2 Å². The predicted octanol–water partition coefficient (Wildman–Crippen LogP) is 5.15. The van der Waals surface area contributed by atoms with Gasteiger partial charge < -0.3 is 4.74 Å². The molecule has 1 fully saturated rings. The molecule has 1 aliphatic rings. The lowest BCUT2D eigenvalue weighted by Crippen LogP contribution is -2.23. The third-order valence-electron chi connectivity index (χ3n) is 4.57. The van der Waals surface area contributed by atoms with E-state index in [9.17, 15) is 18.0 Å². The zero-order valence-corrected chi connectivity index (χ0v) is 15.6. The van der Waals surface area contributed by atoms with E-state index < -0.39 is 29.5 Å². The van der Waals surface area contributed by atoms with Crippen LogP contribution in [0.4, 0.5) is 13.2 Å². The normalized spacial score (nSPS) is 17.4. The number of halogens is 4. The minimum absolute atomic E-state index is 0.156. The summed E-state index contributed by atoms with van der Waals surface area (Å²) in [6, 6.07) is 6.62. The Bertz CT molecular complexity index is 1020. The third kappa shape index (κ3) is 3.17. The van der Waals surface area contributed by atoms with Crippen molar-refractivity contribution in [1.82, 2.24) is 9.78 Å². The van der Waals surface area contributed by atoms with Crippen molar-refractivity contribution < 1.29 is 22.7 Å². The molecular weight excluding hydrogens is 425 g/mol. The van der Waals surface area contributed by atoms with Crippen molar-refractivity contribution >= 4 is 32.6 Å². The lowest BCUT2D eigenvalue weighted by Gasteiger charge is -2.24. The maximum atomic E-state index is 13.7. The number of ketones is 1. The van der Waals surface area contributed by atoms with E-state index in [-0.39, 0.29) is 11.3 Å². The summed E-state index contributed by atoms with van der Waals surface area (Å²) in [5, 5.41) is 5.03. The molecule has 0 saturated carbocycles. The molecule has 0 aliphatic carbocycles. The fraction of sp³-hybridized carbons (Fsp3) is 0.263. The number of benzene rings is 2. The van der Waals surface area contributed by atoms with Crippen LogP contribution in [0.1, 0.15) is 41.5 Å². The molecule has 27 heavy (non-hydrogen) atoms. The highest BCUT2D eigenvalue weighted by Gasteiger charge is 2.28. The quantitative estimate of drug-likeness (QED) is 0.419. The van der Waals surface area contributed by atoms with E-state index in [1.165, 1.54) is 4.68 Å². The lowest BCUT2D eigenvalue weighted by atomic mass is 10.0. The average molecular weight is 439 g/mol. The van der Waals surface area contributed by atoms with Crippen LogP contribution in [0.3, 0.4) is 0 Å². The van der Waals surface area contributed by atoms with Gasteiger partial charge >= 0.3 is 0 Å². The molecular formula is C19H14BrF3N2O2. The van der Waals surface area contributed by atoms with Gasteiger partial charge in [-0.2, -0.15) is 5.10 Å². The van der Waals surface area contributed by atoms with Gasteiger partial charge in [-0.15, -0.1) is 0 Å². The fourth-order valence-corrected chi connectivity index (χ4v) is 3.71. The molecule has 1 saturated heterocycles. The number of hydrogen-bond donors (Lipinski definition) is 0. The zero-order chi connectivity index (χ0) is 19.1. The van der Waals surface area contributed by atoms with Gasteiger partial charge in [-0.05, 0) is 53.4 Å². The van der Waals surface area contributed by atoms with E-state index in [0.29, 0.717) is 40.5 Å². The van der Waals surface area contributed by atoms with E-state index in [1.807, 2.05) is 0 Å². The number of nitrogens with zero attached hydrogens (tertiary/aromatic N) is 2. The highest BCUT2D eigenvalue weighted by Crippen LogP contribution is 2.32. The molecule has 1 atom stereocenters. The number of rotatable bonds is 3. The molecule has 2 heterocycles. The van der Waals surface area contributed by atoms with Crippen LogP contribution >= 0.6 is 15.9 Å². The highest BCUT2D eigenvalue weighted by molar-refractivity contribution is 9.10. The molecule has 0 radical (unpaired) electrons. The Balaban J connectivity index is 1.91. The van der Waals surface area contributed by atoms with E-state index >= 15 is 0 Å². The van der Waals surface area contributed by atoms with Gasteiger partial charge in [0.25, 0.3) is 0 Å².